The van der Waals surface area contributed by atoms with E-state index in [1.54, 1.807) is 11.3 Å². The third kappa shape index (κ3) is 2.68. The average molecular weight is 281 g/mol. The minimum atomic E-state index is 0.432. The number of halogens is 1. The number of thiazole rings is 1. The van der Waals surface area contributed by atoms with E-state index in [9.17, 15) is 0 Å². The van der Waals surface area contributed by atoms with Crippen LogP contribution < -0.4 is 5.32 Å². The monoisotopic (exact) mass is 280 g/mol. The van der Waals surface area contributed by atoms with Crippen LogP contribution in [0.2, 0.25) is 5.02 Å². The van der Waals surface area contributed by atoms with E-state index in [1.807, 2.05) is 18.2 Å². The van der Waals surface area contributed by atoms with Crippen LogP contribution in [0.15, 0.2) is 18.2 Å². The van der Waals surface area contributed by atoms with Gasteiger partial charge in [-0.3, -0.25) is 0 Å². The molecule has 0 saturated carbocycles. The molecular formula is C14H17ClN2S. The number of fused-ring (bicyclic) bond motifs is 1. The van der Waals surface area contributed by atoms with Crippen LogP contribution in [0.1, 0.15) is 43.2 Å². The van der Waals surface area contributed by atoms with E-state index in [-0.39, 0.29) is 0 Å². The van der Waals surface area contributed by atoms with Gasteiger partial charge in [0.2, 0.25) is 0 Å². The molecule has 18 heavy (non-hydrogen) atoms. The summed E-state index contributed by atoms with van der Waals surface area (Å²) in [6.45, 7) is 1.11. The van der Waals surface area contributed by atoms with Crippen molar-refractivity contribution in [2.45, 2.75) is 38.1 Å². The summed E-state index contributed by atoms with van der Waals surface area (Å²) >= 11 is 7.80. The molecule has 4 heteroatoms. The second-order valence-corrected chi connectivity index (χ2v) is 6.37. The predicted octanol–water partition coefficient (Wildman–Crippen LogP) is 4.54. The van der Waals surface area contributed by atoms with Gasteiger partial charge in [0.1, 0.15) is 5.01 Å². The minimum Gasteiger partial charge on any atom is -0.308 e. The fourth-order valence-electron chi connectivity index (χ4n) is 2.48. The molecule has 2 nitrogen and oxygen atoms in total. The van der Waals surface area contributed by atoms with Crippen molar-refractivity contribution in [2.75, 3.05) is 6.54 Å². The number of nitrogens with one attached hydrogen (secondary N) is 1. The van der Waals surface area contributed by atoms with Crippen molar-refractivity contribution in [3.05, 3.63) is 28.2 Å². The maximum Gasteiger partial charge on any atom is 0.111 e. The van der Waals surface area contributed by atoms with E-state index in [4.69, 9.17) is 16.6 Å². The van der Waals surface area contributed by atoms with Crippen molar-refractivity contribution < 1.29 is 0 Å². The number of benzene rings is 1. The van der Waals surface area contributed by atoms with E-state index in [1.165, 1.54) is 41.8 Å². The fraction of sp³-hybridized carbons (Fsp3) is 0.500. The molecule has 1 unspecified atom stereocenters. The van der Waals surface area contributed by atoms with Crippen LogP contribution >= 0.6 is 22.9 Å². The van der Waals surface area contributed by atoms with E-state index in [0.717, 1.165) is 17.1 Å². The number of hydrogen-bond acceptors (Lipinski definition) is 3. The highest BCUT2D eigenvalue weighted by Crippen LogP contribution is 2.31. The summed E-state index contributed by atoms with van der Waals surface area (Å²) in [4.78, 5) is 4.75. The fourth-order valence-corrected chi connectivity index (χ4v) is 3.84. The van der Waals surface area contributed by atoms with Gasteiger partial charge < -0.3 is 5.32 Å². The SMILES string of the molecule is Clc1ccc2nc(C3CCCCCCN3)sc2c1. The Labute approximate surface area is 116 Å². The quantitative estimate of drug-likeness (QED) is 0.829. The van der Waals surface area contributed by atoms with Gasteiger partial charge in [0.15, 0.2) is 0 Å². The lowest BCUT2D eigenvalue weighted by Crippen LogP contribution is -2.23. The summed E-state index contributed by atoms with van der Waals surface area (Å²) in [5, 5.41) is 5.64. The smallest absolute Gasteiger partial charge is 0.111 e. The highest BCUT2D eigenvalue weighted by Gasteiger charge is 2.17. The molecule has 0 aliphatic carbocycles. The molecule has 2 heterocycles. The van der Waals surface area contributed by atoms with E-state index < -0.39 is 0 Å². The van der Waals surface area contributed by atoms with Gasteiger partial charge in [-0.05, 0) is 37.6 Å². The first-order chi connectivity index (χ1) is 8.83. The topological polar surface area (TPSA) is 24.9 Å². The molecule has 1 aliphatic heterocycles. The van der Waals surface area contributed by atoms with Gasteiger partial charge in [-0.15, -0.1) is 11.3 Å². The van der Waals surface area contributed by atoms with Gasteiger partial charge in [0, 0.05) is 5.02 Å². The zero-order valence-corrected chi connectivity index (χ0v) is 11.9. The van der Waals surface area contributed by atoms with Crippen LogP contribution in [0, 0.1) is 0 Å². The predicted molar refractivity (Wildman–Crippen MR) is 78.5 cm³/mol. The first-order valence-corrected chi connectivity index (χ1v) is 7.82. The maximum atomic E-state index is 6.02. The van der Waals surface area contributed by atoms with Crippen molar-refractivity contribution in [2.24, 2.45) is 0 Å². The van der Waals surface area contributed by atoms with Crippen LogP contribution in [0.25, 0.3) is 10.2 Å². The Morgan fingerprint density at radius 2 is 2.11 bits per heavy atom. The maximum absolute atomic E-state index is 6.02. The van der Waals surface area contributed by atoms with E-state index in [0.29, 0.717) is 6.04 Å². The summed E-state index contributed by atoms with van der Waals surface area (Å²) in [5.41, 5.74) is 1.07. The molecule has 0 spiro atoms. The lowest BCUT2D eigenvalue weighted by molar-refractivity contribution is 0.426. The van der Waals surface area contributed by atoms with Crippen LogP contribution in [-0.4, -0.2) is 11.5 Å². The number of nitrogens with zero attached hydrogens (tertiary/aromatic N) is 1. The van der Waals surface area contributed by atoms with Crippen LogP contribution in [0.5, 0.6) is 0 Å². The number of rotatable bonds is 1. The molecule has 1 N–H and O–H groups in total. The molecular weight excluding hydrogens is 264 g/mol. The third-order valence-electron chi connectivity index (χ3n) is 3.48. The van der Waals surface area contributed by atoms with Gasteiger partial charge in [0.25, 0.3) is 0 Å². The summed E-state index contributed by atoms with van der Waals surface area (Å²) < 4.78 is 1.20. The molecule has 1 saturated heterocycles. The Balaban J connectivity index is 1.87. The molecule has 1 atom stereocenters. The number of aromatic nitrogens is 1. The highest BCUT2D eigenvalue weighted by atomic mass is 35.5. The first-order valence-electron chi connectivity index (χ1n) is 6.62. The summed E-state index contributed by atoms with van der Waals surface area (Å²) in [5.74, 6) is 0. The second-order valence-electron chi connectivity index (χ2n) is 4.87. The largest absolute Gasteiger partial charge is 0.308 e. The highest BCUT2D eigenvalue weighted by molar-refractivity contribution is 7.18. The van der Waals surface area contributed by atoms with Crippen LogP contribution in [0.4, 0.5) is 0 Å². The molecule has 3 rings (SSSR count). The Hall–Kier alpha value is -0.640. The zero-order valence-electron chi connectivity index (χ0n) is 10.3. The molecule has 0 radical (unpaired) electrons. The van der Waals surface area contributed by atoms with Crippen molar-refractivity contribution in [3.8, 4) is 0 Å². The Morgan fingerprint density at radius 3 is 3.06 bits per heavy atom. The molecule has 2 aromatic rings. The zero-order chi connectivity index (χ0) is 12.4. The Kier molecular flexibility index (Phi) is 3.83. The van der Waals surface area contributed by atoms with Gasteiger partial charge >= 0.3 is 0 Å². The lowest BCUT2D eigenvalue weighted by Gasteiger charge is -2.19. The molecule has 96 valence electrons. The summed E-state index contributed by atoms with van der Waals surface area (Å²) in [6, 6.07) is 6.38. The Morgan fingerprint density at radius 1 is 1.22 bits per heavy atom. The van der Waals surface area contributed by atoms with Gasteiger partial charge in [0.05, 0.1) is 16.3 Å². The molecule has 1 fully saturated rings. The normalized spacial score (nSPS) is 21.7. The van der Waals surface area contributed by atoms with E-state index >= 15 is 0 Å². The first kappa shape index (κ1) is 12.4. The van der Waals surface area contributed by atoms with Crippen LogP contribution in [-0.2, 0) is 0 Å². The number of hydrogen-bond donors (Lipinski definition) is 1. The third-order valence-corrected chi connectivity index (χ3v) is 4.84. The van der Waals surface area contributed by atoms with Crippen molar-refractivity contribution in [1.82, 2.24) is 10.3 Å². The van der Waals surface area contributed by atoms with Crippen molar-refractivity contribution in [1.29, 1.82) is 0 Å². The molecule has 0 bridgehead atoms. The lowest BCUT2D eigenvalue weighted by atomic mass is 10.0. The Bertz CT molecular complexity index is 530. The second kappa shape index (κ2) is 5.55. The molecule has 1 aromatic carbocycles. The van der Waals surface area contributed by atoms with Gasteiger partial charge in [-0.2, -0.15) is 0 Å². The standard InChI is InChI=1S/C14H17ClN2S/c15-10-6-7-11-13(9-10)18-14(17-11)12-5-3-1-2-4-8-16-12/h6-7,9,12,16H,1-5,8H2. The van der Waals surface area contributed by atoms with Crippen LogP contribution in [0.3, 0.4) is 0 Å². The molecule has 1 aromatic heterocycles. The summed E-state index contributed by atoms with van der Waals surface area (Å²) in [7, 11) is 0. The molecule has 0 amide bonds. The van der Waals surface area contributed by atoms with Crippen molar-refractivity contribution >= 4 is 33.2 Å². The molecule has 1 aliphatic rings. The van der Waals surface area contributed by atoms with Crippen molar-refractivity contribution in [3.63, 3.8) is 0 Å². The average Bonchev–Trinajstić information content (AvgIpc) is 2.71. The minimum absolute atomic E-state index is 0.432. The van der Waals surface area contributed by atoms with E-state index in [2.05, 4.69) is 5.32 Å². The van der Waals surface area contributed by atoms with Gasteiger partial charge in [-0.25, -0.2) is 4.98 Å². The summed E-state index contributed by atoms with van der Waals surface area (Å²) in [6.07, 6.45) is 6.50. The van der Waals surface area contributed by atoms with Gasteiger partial charge in [-0.1, -0.05) is 30.9 Å².